The van der Waals surface area contributed by atoms with Crippen molar-refractivity contribution in [3.05, 3.63) is 101 Å². The summed E-state index contributed by atoms with van der Waals surface area (Å²) in [5.74, 6) is 2.56. The van der Waals surface area contributed by atoms with Gasteiger partial charge in [-0.2, -0.15) is 0 Å². The minimum Gasteiger partial charge on any atom is -0.496 e. The van der Waals surface area contributed by atoms with Gasteiger partial charge in [-0.25, -0.2) is 0 Å². The summed E-state index contributed by atoms with van der Waals surface area (Å²) in [6.45, 7) is 7.76. The molecule has 2 bridgehead atoms. The summed E-state index contributed by atoms with van der Waals surface area (Å²) >= 11 is 0. The van der Waals surface area contributed by atoms with E-state index < -0.39 is 0 Å². The molecule has 3 aromatic rings. The highest BCUT2D eigenvalue weighted by atomic mass is 16.5. The third-order valence-electron chi connectivity index (χ3n) is 8.03. The van der Waals surface area contributed by atoms with Gasteiger partial charge >= 0.3 is 0 Å². The third-order valence-corrected chi connectivity index (χ3v) is 8.03. The minimum atomic E-state index is 0.354. The first kappa shape index (κ1) is 23.1. The monoisotopic (exact) mass is 454 g/mol. The van der Waals surface area contributed by atoms with E-state index in [0.29, 0.717) is 29.8 Å². The van der Waals surface area contributed by atoms with Gasteiger partial charge in [0.25, 0.3) is 0 Å². The summed E-state index contributed by atoms with van der Waals surface area (Å²) in [4.78, 5) is 2.75. The molecular weight excluding hydrogens is 416 g/mol. The SMILES string of the molecule is COc1ccc(C(C)C)cc1CN[C@@H]1C2CCN(CC2)[C@@H]1C(c1ccccc1)c1ccccc1. The average molecular weight is 455 g/mol. The highest BCUT2D eigenvalue weighted by molar-refractivity contribution is 5.39. The predicted molar refractivity (Wildman–Crippen MR) is 141 cm³/mol. The van der Waals surface area contributed by atoms with E-state index in [9.17, 15) is 0 Å². The van der Waals surface area contributed by atoms with Gasteiger partial charge in [0.2, 0.25) is 0 Å². The van der Waals surface area contributed by atoms with Crippen molar-refractivity contribution in [2.75, 3.05) is 20.2 Å². The number of methoxy groups -OCH3 is 1. The van der Waals surface area contributed by atoms with Crippen LogP contribution < -0.4 is 10.1 Å². The van der Waals surface area contributed by atoms with E-state index in [1.807, 2.05) is 0 Å². The van der Waals surface area contributed by atoms with Crippen LogP contribution in [0.1, 0.15) is 60.8 Å². The van der Waals surface area contributed by atoms with Gasteiger partial charge in [-0.15, -0.1) is 0 Å². The Bertz CT molecular complexity index is 1020. The molecule has 34 heavy (non-hydrogen) atoms. The molecule has 3 aromatic carbocycles. The molecule has 3 heterocycles. The van der Waals surface area contributed by atoms with E-state index in [1.165, 1.54) is 48.2 Å². The number of benzene rings is 3. The number of piperidine rings is 3. The van der Waals surface area contributed by atoms with Gasteiger partial charge in [0.1, 0.15) is 5.75 Å². The Kier molecular flexibility index (Phi) is 7.03. The lowest BCUT2D eigenvalue weighted by molar-refractivity contribution is 0.00462. The molecule has 0 unspecified atom stereocenters. The van der Waals surface area contributed by atoms with Gasteiger partial charge in [0.15, 0.2) is 0 Å². The normalized spacial score (nSPS) is 24.0. The second-order valence-electron chi connectivity index (χ2n) is 10.3. The molecule has 0 aromatic heterocycles. The van der Waals surface area contributed by atoms with Crippen LogP contribution in [0.4, 0.5) is 0 Å². The summed E-state index contributed by atoms with van der Waals surface area (Å²) in [6.07, 6.45) is 2.57. The largest absolute Gasteiger partial charge is 0.496 e. The number of nitrogens with one attached hydrogen (secondary N) is 1. The number of nitrogens with zero attached hydrogens (tertiary/aromatic N) is 1. The molecule has 178 valence electrons. The van der Waals surface area contributed by atoms with Crippen molar-refractivity contribution in [3.8, 4) is 5.75 Å². The second-order valence-corrected chi connectivity index (χ2v) is 10.3. The lowest BCUT2D eigenvalue weighted by atomic mass is 9.70. The lowest BCUT2D eigenvalue weighted by Gasteiger charge is -2.54. The average Bonchev–Trinajstić information content (AvgIpc) is 2.89. The van der Waals surface area contributed by atoms with E-state index in [4.69, 9.17) is 4.74 Å². The van der Waals surface area contributed by atoms with Gasteiger partial charge in [-0.3, -0.25) is 4.90 Å². The molecule has 1 N–H and O–H groups in total. The van der Waals surface area contributed by atoms with Crippen LogP contribution in [0.3, 0.4) is 0 Å². The van der Waals surface area contributed by atoms with Crippen LogP contribution in [0.25, 0.3) is 0 Å². The molecule has 3 saturated heterocycles. The first-order valence-corrected chi connectivity index (χ1v) is 12.9. The van der Waals surface area contributed by atoms with Crippen LogP contribution >= 0.6 is 0 Å². The fraction of sp³-hybridized carbons (Fsp3) is 0.419. The first-order chi connectivity index (χ1) is 16.7. The summed E-state index contributed by atoms with van der Waals surface area (Å²) in [5.41, 5.74) is 5.46. The molecule has 0 spiro atoms. The van der Waals surface area contributed by atoms with Crippen LogP contribution in [0.2, 0.25) is 0 Å². The topological polar surface area (TPSA) is 24.5 Å². The van der Waals surface area contributed by atoms with Gasteiger partial charge in [-0.1, -0.05) is 86.6 Å². The van der Waals surface area contributed by atoms with Crippen molar-refractivity contribution in [1.82, 2.24) is 10.2 Å². The molecule has 0 saturated carbocycles. The molecule has 3 fully saturated rings. The van der Waals surface area contributed by atoms with Crippen molar-refractivity contribution in [3.63, 3.8) is 0 Å². The van der Waals surface area contributed by atoms with E-state index in [1.54, 1.807) is 7.11 Å². The molecule has 3 aliphatic heterocycles. The molecular formula is C31H38N2O. The Morgan fingerprint density at radius 2 is 1.47 bits per heavy atom. The van der Waals surface area contributed by atoms with E-state index in [2.05, 4.69) is 103 Å². The summed E-state index contributed by atoms with van der Waals surface area (Å²) in [5, 5.41) is 4.06. The van der Waals surface area contributed by atoms with Crippen LogP contribution in [0, 0.1) is 5.92 Å². The fourth-order valence-electron chi connectivity index (χ4n) is 6.22. The Morgan fingerprint density at radius 3 is 2.03 bits per heavy atom. The number of rotatable bonds is 8. The Morgan fingerprint density at radius 1 is 0.853 bits per heavy atom. The third kappa shape index (κ3) is 4.64. The standard InChI is InChI=1S/C31H38N2O/c1-22(2)26-14-15-28(34-3)27(20-26)21-32-30-25-16-18-33(19-17-25)31(30)29(23-10-6-4-7-11-23)24-12-8-5-9-13-24/h4-15,20,22,25,29-32H,16-19,21H2,1-3H3/t30-,31-/m1/s1. The van der Waals surface area contributed by atoms with E-state index in [-0.39, 0.29) is 0 Å². The van der Waals surface area contributed by atoms with E-state index >= 15 is 0 Å². The smallest absolute Gasteiger partial charge is 0.123 e. The Balaban J connectivity index is 1.48. The predicted octanol–water partition coefficient (Wildman–Crippen LogP) is 6.20. The molecule has 2 atom stereocenters. The lowest BCUT2D eigenvalue weighted by Crippen LogP contribution is -2.64. The van der Waals surface area contributed by atoms with Crippen LogP contribution in [-0.4, -0.2) is 37.2 Å². The van der Waals surface area contributed by atoms with Gasteiger partial charge < -0.3 is 10.1 Å². The molecule has 3 aliphatic rings. The Labute approximate surface area is 205 Å². The van der Waals surface area contributed by atoms with Crippen LogP contribution in [0.15, 0.2) is 78.9 Å². The highest BCUT2D eigenvalue weighted by Crippen LogP contribution is 2.42. The van der Waals surface area contributed by atoms with Crippen molar-refractivity contribution >= 4 is 0 Å². The number of ether oxygens (including phenoxy) is 1. The maximum atomic E-state index is 5.74. The maximum Gasteiger partial charge on any atom is 0.123 e. The summed E-state index contributed by atoms with van der Waals surface area (Å²) in [7, 11) is 1.78. The number of hydrogen-bond acceptors (Lipinski definition) is 3. The maximum absolute atomic E-state index is 5.74. The van der Waals surface area contributed by atoms with Crippen molar-refractivity contribution < 1.29 is 4.74 Å². The molecule has 3 heteroatoms. The molecule has 0 radical (unpaired) electrons. The highest BCUT2D eigenvalue weighted by Gasteiger charge is 2.46. The summed E-state index contributed by atoms with van der Waals surface area (Å²) in [6, 6.07) is 29.8. The Hall–Kier alpha value is -2.62. The van der Waals surface area contributed by atoms with Gasteiger partial charge in [0, 0.05) is 30.1 Å². The van der Waals surface area contributed by atoms with Crippen molar-refractivity contribution in [2.24, 2.45) is 5.92 Å². The molecule has 0 aliphatic carbocycles. The first-order valence-electron chi connectivity index (χ1n) is 12.9. The zero-order valence-corrected chi connectivity index (χ0v) is 20.8. The number of fused-ring (bicyclic) bond motifs is 3. The summed E-state index contributed by atoms with van der Waals surface area (Å²) < 4.78 is 5.74. The fourth-order valence-corrected chi connectivity index (χ4v) is 6.22. The number of hydrogen-bond donors (Lipinski definition) is 1. The molecule has 3 nitrogen and oxygen atoms in total. The van der Waals surface area contributed by atoms with Crippen molar-refractivity contribution in [1.29, 1.82) is 0 Å². The zero-order valence-electron chi connectivity index (χ0n) is 20.8. The quantitative estimate of drug-likeness (QED) is 0.438. The zero-order chi connectivity index (χ0) is 23.5. The van der Waals surface area contributed by atoms with Crippen molar-refractivity contribution in [2.45, 2.75) is 57.2 Å². The molecule has 0 amide bonds. The minimum absolute atomic E-state index is 0.354. The second kappa shape index (κ2) is 10.3. The van der Waals surface area contributed by atoms with Crippen LogP contribution in [0.5, 0.6) is 5.75 Å². The van der Waals surface area contributed by atoms with Gasteiger partial charge in [-0.05, 0) is 60.5 Å². The van der Waals surface area contributed by atoms with E-state index in [0.717, 1.165) is 12.3 Å². The van der Waals surface area contributed by atoms with Gasteiger partial charge in [0.05, 0.1) is 7.11 Å². The van der Waals surface area contributed by atoms with Crippen LogP contribution in [-0.2, 0) is 6.54 Å². The molecule has 6 rings (SSSR count).